The number of hydrogen-bond donors (Lipinski definition) is 0. The molecule has 0 amide bonds. The van der Waals surface area contributed by atoms with Crippen molar-refractivity contribution < 1.29 is 17.9 Å². The van der Waals surface area contributed by atoms with E-state index >= 15 is 0 Å². The van der Waals surface area contributed by atoms with Crippen LogP contribution in [0.15, 0.2) is 18.6 Å². The Hall–Kier alpha value is -2.82. The molecule has 0 unspecified atom stereocenters. The third-order valence-corrected chi connectivity index (χ3v) is 5.98. The first kappa shape index (κ1) is 20.1. The predicted molar refractivity (Wildman–Crippen MR) is 105 cm³/mol. The van der Waals surface area contributed by atoms with E-state index in [1.807, 2.05) is 25.1 Å². The second-order valence-corrected chi connectivity index (χ2v) is 8.25. The van der Waals surface area contributed by atoms with Gasteiger partial charge in [-0.3, -0.25) is 4.68 Å². The van der Waals surface area contributed by atoms with E-state index in [1.54, 1.807) is 17.1 Å². The maximum Gasteiger partial charge on any atom is 0.391 e. The first-order valence-corrected chi connectivity index (χ1v) is 10.2. The Morgan fingerprint density at radius 1 is 1.13 bits per heavy atom. The SMILES string of the molecule is Cc1cnc2c(n1)nc(N1CCO[C@H](c3cnn(C)c3)C1)nc2[C@H]1C[C@H](C(F)(F)F)C1. The number of ether oxygens (including phenoxy) is 1. The molecular weight excluding hydrogens is 411 g/mol. The zero-order chi connectivity index (χ0) is 21.8. The Morgan fingerprint density at radius 3 is 2.65 bits per heavy atom. The van der Waals surface area contributed by atoms with Crippen LogP contribution in [0.3, 0.4) is 0 Å². The molecule has 1 atom stereocenters. The van der Waals surface area contributed by atoms with Gasteiger partial charge in [-0.05, 0) is 19.8 Å². The molecule has 1 saturated heterocycles. The van der Waals surface area contributed by atoms with Crippen molar-refractivity contribution >= 4 is 17.1 Å². The van der Waals surface area contributed by atoms with Crippen molar-refractivity contribution in [2.75, 3.05) is 24.6 Å². The van der Waals surface area contributed by atoms with Crippen LogP contribution in [-0.4, -0.2) is 55.6 Å². The molecule has 31 heavy (non-hydrogen) atoms. The lowest BCUT2D eigenvalue weighted by Gasteiger charge is -2.37. The molecule has 8 nitrogen and oxygen atoms in total. The third-order valence-electron chi connectivity index (χ3n) is 5.98. The molecule has 0 N–H and O–H groups in total. The molecule has 2 aliphatic rings. The predicted octanol–water partition coefficient (Wildman–Crippen LogP) is 3.10. The topological polar surface area (TPSA) is 81.9 Å². The fraction of sp³-hybridized carbons (Fsp3) is 0.550. The third kappa shape index (κ3) is 3.82. The molecule has 164 valence electrons. The second-order valence-electron chi connectivity index (χ2n) is 8.25. The average Bonchev–Trinajstić information content (AvgIpc) is 3.12. The summed E-state index contributed by atoms with van der Waals surface area (Å²) in [4.78, 5) is 20.2. The van der Waals surface area contributed by atoms with Gasteiger partial charge in [-0.2, -0.15) is 23.3 Å². The lowest BCUT2D eigenvalue weighted by molar-refractivity contribution is -0.197. The van der Waals surface area contributed by atoms with E-state index in [0.717, 1.165) is 5.56 Å². The standard InChI is InChI=1S/C20H22F3N7O/c1-11-7-24-17-16(12-5-14(6-12)20(21,22)23)27-19(28-18(17)26-11)30-3-4-31-15(10-30)13-8-25-29(2)9-13/h7-9,12,14-15H,3-6,10H2,1-2H3/t12-,14-,15-/m0/s1. The van der Waals surface area contributed by atoms with Crippen molar-refractivity contribution in [1.29, 1.82) is 0 Å². The number of anilines is 1. The molecule has 0 radical (unpaired) electrons. The Kier molecular flexibility index (Phi) is 4.80. The summed E-state index contributed by atoms with van der Waals surface area (Å²) in [6, 6.07) is 0. The van der Waals surface area contributed by atoms with Crippen LogP contribution in [0.4, 0.5) is 19.1 Å². The van der Waals surface area contributed by atoms with Gasteiger partial charge in [0.2, 0.25) is 5.95 Å². The first-order chi connectivity index (χ1) is 14.8. The van der Waals surface area contributed by atoms with Gasteiger partial charge < -0.3 is 9.64 Å². The Morgan fingerprint density at radius 2 is 1.94 bits per heavy atom. The molecule has 1 aliphatic heterocycles. The summed E-state index contributed by atoms with van der Waals surface area (Å²) >= 11 is 0. The highest BCUT2D eigenvalue weighted by atomic mass is 19.4. The number of aromatic nitrogens is 6. The summed E-state index contributed by atoms with van der Waals surface area (Å²) in [6.45, 7) is 3.39. The van der Waals surface area contributed by atoms with E-state index in [9.17, 15) is 13.2 Å². The fourth-order valence-electron chi connectivity index (χ4n) is 4.18. The van der Waals surface area contributed by atoms with Gasteiger partial charge in [0.25, 0.3) is 0 Å². The van der Waals surface area contributed by atoms with Crippen molar-refractivity contribution in [2.24, 2.45) is 13.0 Å². The molecule has 0 aromatic carbocycles. The van der Waals surface area contributed by atoms with Gasteiger partial charge in [-0.25, -0.2) is 15.0 Å². The van der Waals surface area contributed by atoms with Crippen LogP contribution in [0.1, 0.15) is 41.8 Å². The molecule has 11 heteroatoms. The van der Waals surface area contributed by atoms with E-state index < -0.39 is 12.1 Å². The summed E-state index contributed by atoms with van der Waals surface area (Å²) in [5.74, 6) is -1.14. The van der Waals surface area contributed by atoms with Gasteiger partial charge in [0.15, 0.2) is 5.65 Å². The molecule has 3 aromatic rings. The van der Waals surface area contributed by atoms with E-state index in [1.165, 1.54) is 0 Å². The van der Waals surface area contributed by atoms with Crippen LogP contribution in [0, 0.1) is 12.8 Å². The summed E-state index contributed by atoms with van der Waals surface area (Å²) < 4.78 is 46.7. The van der Waals surface area contributed by atoms with Gasteiger partial charge >= 0.3 is 6.18 Å². The lowest BCUT2D eigenvalue weighted by atomic mass is 9.72. The van der Waals surface area contributed by atoms with Crippen LogP contribution in [0.25, 0.3) is 11.2 Å². The normalized spacial score (nSPS) is 24.4. The summed E-state index contributed by atoms with van der Waals surface area (Å²) in [6.07, 6.45) is 0.945. The number of aryl methyl sites for hydroxylation is 2. The minimum absolute atomic E-state index is 0.0199. The highest BCUT2D eigenvalue weighted by molar-refractivity contribution is 5.74. The number of fused-ring (bicyclic) bond motifs is 1. The van der Waals surface area contributed by atoms with E-state index in [-0.39, 0.29) is 24.9 Å². The summed E-state index contributed by atoms with van der Waals surface area (Å²) in [7, 11) is 1.84. The molecular formula is C20H22F3N7O. The summed E-state index contributed by atoms with van der Waals surface area (Å²) in [5.41, 5.74) is 3.10. The molecule has 4 heterocycles. The largest absolute Gasteiger partial charge is 0.391 e. The molecule has 0 bridgehead atoms. The Balaban J connectivity index is 1.47. The molecule has 3 aromatic heterocycles. The highest BCUT2D eigenvalue weighted by Gasteiger charge is 2.49. The van der Waals surface area contributed by atoms with Crippen LogP contribution in [-0.2, 0) is 11.8 Å². The average molecular weight is 433 g/mol. The zero-order valence-corrected chi connectivity index (χ0v) is 17.2. The molecule has 0 spiro atoms. The van der Waals surface area contributed by atoms with Crippen LogP contribution < -0.4 is 4.90 Å². The van der Waals surface area contributed by atoms with Crippen molar-refractivity contribution in [2.45, 2.75) is 38.0 Å². The highest BCUT2D eigenvalue weighted by Crippen LogP contribution is 2.50. The van der Waals surface area contributed by atoms with Crippen LogP contribution >= 0.6 is 0 Å². The van der Waals surface area contributed by atoms with Crippen LogP contribution in [0.2, 0.25) is 0 Å². The van der Waals surface area contributed by atoms with Gasteiger partial charge in [-0.1, -0.05) is 0 Å². The molecule has 1 saturated carbocycles. The lowest BCUT2D eigenvalue weighted by Crippen LogP contribution is -2.40. The van der Waals surface area contributed by atoms with E-state index in [2.05, 4.69) is 20.1 Å². The Bertz CT molecular complexity index is 1110. The van der Waals surface area contributed by atoms with E-state index in [4.69, 9.17) is 9.72 Å². The number of rotatable bonds is 3. The maximum atomic E-state index is 13.0. The number of nitrogens with zero attached hydrogens (tertiary/aromatic N) is 7. The van der Waals surface area contributed by atoms with Crippen molar-refractivity contribution in [3.63, 3.8) is 0 Å². The monoisotopic (exact) mass is 433 g/mol. The summed E-state index contributed by atoms with van der Waals surface area (Å²) in [5, 5.41) is 4.20. The molecule has 2 fully saturated rings. The number of alkyl halides is 3. The van der Waals surface area contributed by atoms with Crippen LogP contribution in [0.5, 0.6) is 0 Å². The molecule has 5 rings (SSSR count). The Labute approximate surface area is 176 Å². The first-order valence-electron chi connectivity index (χ1n) is 10.2. The van der Waals surface area contributed by atoms with Crippen molar-refractivity contribution in [1.82, 2.24) is 29.7 Å². The van der Waals surface area contributed by atoms with Gasteiger partial charge in [-0.15, -0.1) is 0 Å². The number of halogens is 3. The second kappa shape index (κ2) is 7.40. The fourth-order valence-corrected chi connectivity index (χ4v) is 4.18. The van der Waals surface area contributed by atoms with Gasteiger partial charge in [0, 0.05) is 37.5 Å². The minimum atomic E-state index is -4.18. The maximum absolute atomic E-state index is 13.0. The van der Waals surface area contributed by atoms with E-state index in [0.29, 0.717) is 48.2 Å². The van der Waals surface area contributed by atoms with Crippen molar-refractivity contribution in [3.05, 3.63) is 35.5 Å². The quantitative estimate of drug-likeness (QED) is 0.628. The minimum Gasteiger partial charge on any atom is -0.370 e. The van der Waals surface area contributed by atoms with Gasteiger partial charge in [0.05, 0.1) is 36.7 Å². The van der Waals surface area contributed by atoms with Gasteiger partial charge in [0.1, 0.15) is 11.6 Å². The smallest absolute Gasteiger partial charge is 0.370 e. The molecule has 1 aliphatic carbocycles. The number of morpholine rings is 1. The zero-order valence-electron chi connectivity index (χ0n) is 17.2. The number of hydrogen-bond acceptors (Lipinski definition) is 7. The van der Waals surface area contributed by atoms with Crippen molar-refractivity contribution in [3.8, 4) is 0 Å².